The molecule has 1 aliphatic rings. The Labute approximate surface area is 146 Å². The fourth-order valence-electron chi connectivity index (χ4n) is 2.57. The number of carbonyl (C=O) groups is 1. The van der Waals surface area contributed by atoms with Gasteiger partial charge in [-0.1, -0.05) is 0 Å². The van der Waals surface area contributed by atoms with Crippen LogP contribution in [0.2, 0.25) is 0 Å². The summed E-state index contributed by atoms with van der Waals surface area (Å²) in [6.07, 6.45) is 0.978. The van der Waals surface area contributed by atoms with Crippen molar-refractivity contribution in [1.29, 1.82) is 0 Å². The molecule has 0 saturated carbocycles. The number of nitro groups is 1. The number of methoxy groups -OCH3 is 1. The van der Waals surface area contributed by atoms with Crippen molar-refractivity contribution in [2.24, 2.45) is 0 Å². The van der Waals surface area contributed by atoms with Crippen molar-refractivity contribution in [2.75, 3.05) is 20.2 Å². The molecule has 1 saturated heterocycles. The highest BCUT2D eigenvalue weighted by Crippen LogP contribution is 2.33. The molecular weight excluding hydrogens is 328 g/mol. The first-order valence-corrected chi connectivity index (χ1v) is 8.16. The quantitative estimate of drug-likeness (QED) is 0.609. The lowest BCUT2D eigenvalue weighted by Crippen LogP contribution is -2.46. The number of nitro benzene ring substituents is 1. The molecule has 0 radical (unpaired) electrons. The Balaban J connectivity index is 2.05. The average molecular weight is 352 g/mol. The fraction of sp³-hybridized carbons (Fsp3) is 0.588. The predicted molar refractivity (Wildman–Crippen MR) is 91.1 cm³/mol. The average Bonchev–Trinajstić information content (AvgIpc) is 2.53. The van der Waals surface area contributed by atoms with Gasteiger partial charge in [-0.2, -0.15) is 0 Å². The van der Waals surface area contributed by atoms with E-state index in [1.807, 2.05) is 20.8 Å². The van der Waals surface area contributed by atoms with E-state index in [9.17, 15) is 14.9 Å². The van der Waals surface area contributed by atoms with Crippen LogP contribution in [-0.2, 0) is 4.74 Å². The number of nitrogens with zero attached hydrogens (tertiary/aromatic N) is 2. The normalized spacial score (nSPS) is 17.8. The van der Waals surface area contributed by atoms with E-state index >= 15 is 0 Å². The van der Waals surface area contributed by atoms with Crippen LogP contribution in [0.1, 0.15) is 33.6 Å². The van der Waals surface area contributed by atoms with E-state index in [0.29, 0.717) is 24.6 Å². The maximum atomic E-state index is 12.2. The van der Waals surface area contributed by atoms with Crippen LogP contribution in [0.25, 0.3) is 0 Å². The molecule has 8 nitrogen and oxygen atoms in total. The Hall–Kier alpha value is -2.51. The first kappa shape index (κ1) is 18.8. The number of hydrogen-bond donors (Lipinski definition) is 0. The molecule has 1 heterocycles. The van der Waals surface area contributed by atoms with Crippen LogP contribution in [0.15, 0.2) is 18.2 Å². The number of hydrogen-bond acceptors (Lipinski definition) is 6. The number of piperidine rings is 1. The minimum atomic E-state index is -0.549. The van der Waals surface area contributed by atoms with Crippen molar-refractivity contribution in [2.45, 2.75) is 45.3 Å². The summed E-state index contributed by atoms with van der Waals surface area (Å²) in [6.45, 7) is 6.49. The maximum absolute atomic E-state index is 12.2. The summed E-state index contributed by atoms with van der Waals surface area (Å²) in [5.41, 5.74) is -0.616. The smallest absolute Gasteiger partial charge is 0.410 e. The summed E-state index contributed by atoms with van der Waals surface area (Å²) in [5.74, 6) is 0.715. The monoisotopic (exact) mass is 352 g/mol. The highest BCUT2D eigenvalue weighted by Gasteiger charge is 2.29. The molecule has 1 aromatic rings. The van der Waals surface area contributed by atoms with E-state index in [-0.39, 0.29) is 17.9 Å². The highest BCUT2D eigenvalue weighted by molar-refractivity contribution is 5.68. The topological polar surface area (TPSA) is 91.1 Å². The Morgan fingerprint density at radius 2 is 2.04 bits per heavy atom. The third-order valence-corrected chi connectivity index (χ3v) is 3.68. The molecule has 25 heavy (non-hydrogen) atoms. The Bertz CT molecular complexity index is 641. The van der Waals surface area contributed by atoms with Crippen molar-refractivity contribution < 1.29 is 23.9 Å². The van der Waals surface area contributed by atoms with Crippen molar-refractivity contribution in [3.63, 3.8) is 0 Å². The van der Waals surface area contributed by atoms with Crippen LogP contribution in [-0.4, -0.2) is 47.8 Å². The largest absolute Gasteiger partial charge is 0.493 e. The lowest BCUT2D eigenvalue weighted by atomic mass is 10.1. The van der Waals surface area contributed by atoms with Crippen LogP contribution in [0, 0.1) is 10.1 Å². The molecule has 1 aromatic carbocycles. The zero-order valence-electron chi connectivity index (χ0n) is 15.0. The van der Waals surface area contributed by atoms with E-state index in [1.165, 1.54) is 25.3 Å². The Kier molecular flexibility index (Phi) is 5.71. The van der Waals surface area contributed by atoms with Gasteiger partial charge in [-0.05, 0) is 39.7 Å². The highest BCUT2D eigenvalue weighted by atomic mass is 16.6. The second-order valence-corrected chi connectivity index (χ2v) is 6.90. The zero-order chi connectivity index (χ0) is 18.6. The van der Waals surface area contributed by atoms with Gasteiger partial charge >= 0.3 is 6.09 Å². The van der Waals surface area contributed by atoms with E-state index in [4.69, 9.17) is 14.2 Å². The molecule has 138 valence electrons. The summed E-state index contributed by atoms with van der Waals surface area (Å²) in [5, 5.41) is 10.9. The van der Waals surface area contributed by atoms with Gasteiger partial charge in [-0.25, -0.2) is 4.79 Å². The summed E-state index contributed by atoms with van der Waals surface area (Å²) >= 11 is 0. The standard InChI is InChI=1S/C17H24N2O6/c1-17(2,3)25-16(20)18-9-5-6-13(11-18)24-14-8-7-12(19(21)22)10-15(14)23-4/h7-8,10,13H,5-6,9,11H2,1-4H3. The first-order valence-electron chi connectivity index (χ1n) is 8.16. The SMILES string of the molecule is COc1cc([N+](=O)[O-])ccc1OC1CCCN(C(=O)OC(C)(C)C)C1. The lowest BCUT2D eigenvalue weighted by Gasteiger charge is -2.34. The van der Waals surface area contributed by atoms with Gasteiger partial charge in [0.15, 0.2) is 11.5 Å². The Morgan fingerprint density at radius 1 is 1.32 bits per heavy atom. The molecule has 0 bridgehead atoms. The minimum absolute atomic E-state index is 0.0665. The van der Waals surface area contributed by atoms with Crippen molar-refractivity contribution in [3.8, 4) is 11.5 Å². The van der Waals surface area contributed by atoms with Crippen molar-refractivity contribution in [1.82, 2.24) is 4.90 Å². The van der Waals surface area contributed by atoms with E-state index in [0.717, 1.165) is 12.8 Å². The van der Waals surface area contributed by atoms with Gasteiger partial charge in [0.05, 0.1) is 24.6 Å². The molecule has 0 aliphatic carbocycles. The fourth-order valence-corrected chi connectivity index (χ4v) is 2.57. The third-order valence-electron chi connectivity index (χ3n) is 3.68. The molecular formula is C17H24N2O6. The second kappa shape index (κ2) is 7.58. The number of benzene rings is 1. The first-order chi connectivity index (χ1) is 11.7. The molecule has 1 atom stereocenters. The predicted octanol–water partition coefficient (Wildman–Crippen LogP) is 3.38. The van der Waals surface area contributed by atoms with Gasteiger partial charge in [-0.15, -0.1) is 0 Å². The number of ether oxygens (including phenoxy) is 3. The zero-order valence-corrected chi connectivity index (χ0v) is 15.0. The van der Waals surface area contributed by atoms with Gasteiger partial charge in [0.25, 0.3) is 5.69 Å². The molecule has 2 rings (SSSR count). The molecule has 0 N–H and O–H groups in total. The van der Waals surface area contributed by atoms with E-state index < -0.39 is 10.5 Å². The number of amides is 1. The third kappa shape index (κ3) is 5.23. The van der Waals surface area contributed by atoms with Crippen LogP contribution in [0.3, 0.4) is 0 Å². The van der Waals surface area contributed by atoms with E-state index in [1.54, 1.807) is 4.90 Å². The molecule has 1 unspecified atom stereocenters. The molecule has 0 spiro atoms. The van der Waals surface area contributed by atoms with Crippen molar-refractivity contribution >= 4 is 11.8 Å². The van der Waals surface area contributed by atoms with Gasteiger partial charge in [-0.3, -0.25) is 10.1 Å². The summed E-state index contributed by atoms with van der Waals surface area (Å²) in [7, 11) is 1.43. The Morgan fingerprint density at radius 3 is 2.64 bits per heavy atom. The van der Waals surface area contributed by atoms with Crippen LogP contribution >= 0.6 is 0 Å². The summed E-state index contributed by atoms with van der Waals surface area (Å²) in [6, 6.07) is 4.21. The van der Waals surface area contributed by atoms with Crippen LogP contribution in [0.5, 0.6) is 11.5 Å². The van der Waals surface area contributed by atoms with Crippen LogP contribution < -0.4 is 9.47 Å². The number of likely N-dealkylation sites (tertiary alicyclic amines) is 1. The maximum Gasteiger partial charge on any atom is 0.410 e. The molecule has 1 amide bonds. The number of carbonyl (C=O) groups excluding carboxylic acids is 1. The van der Waals surface area contributed by atoms with Gasteiger partial charge in [0.1, 0.15) is 11.7 Å². The summed E-state index contributed by atoms with van der Waals surface area (Å²) < 4.78 is 16.5. The molecule has 1 aliphatic heterocycles. The second-order valence-electron chi connectivity index (χ2n) is 6.90. The van der Waals surface area contributed by atoms with Crippen molar-refractivity contribution in [3.05, 3.63) is 28.3 Å². The number of rotatable bonds is 4. The van der Waals surface area contributed by atoms with Gasteiger partial charge < -0.3 is 19.1 Å². The van der Waals surface area contributed by atoms with Gasteiger partial charge in [0, 0.05) is 12.6 Å². The van der Waals surface area contributed by atoms with Crippen LogP contribution in [0.4, 0.5) is 10.5 Å². The summed E-state index contributed by atoms with van der Waals surface area (Å²) in [4.78, 5) is 24.2. The molecule has 0 aromatic heterocycles. The van der Waals surface area contributed by atoms with Gasteiger partial charge in [0.2, 0.25) is 0 Å². The van der Waals surface area contributed by atoms with E-state index in [2.05, 4.69) is 0 Å². The molecule has 8 heteroatoms. The lowest BCUT2D eigenvalue weighted by molar-refractivity contribution is -0.385. The molecule has 1 fully saturated rings. The number of non-ortho nitro benzene ring substituents is 1. The minimum Gasteiger partial charge on any atom is -0.493 e.